The second-order valence-electron chi connectivity index (χ2n) is 4.67. The lowest BCUT2D eigenvalue weighted by atomic mass is 10.2. The number of halogens is 2. The Kier molecular flexibility index (Phi) is 5.41. The van der Waals surface area contributed by atoms with Crippen LogP contribution in [0.25, 0.3) is 0 Å². The number of rotatable bonds is 5. The van der Waals surface area contributed by atoms with Gasteiger partial charge in [0, 0.05) is 16.7 Å². The van der Waals surface area contributed by atoms with Crippen molar-refractivity contribution in [2.75, 3.05) is 11.9 Å². The molecule has 2 aromatic rings. The van der Waals surface area contributed by atoms with Crippen LogP contribution in [0.15, 0.2) is 36.4 Å². The summed E-state index contributed by atoms with van der Waals surface area (Å²) in [4.78, 5) is 22.1. The summed E-state index contributed by atoms with van der Waals surface area (Å²) in [5.74, 6) is -0.0642. The largest absolute Gasteiger partial charge is 0.484 e. The van der Waals surface area contributed by atoms with E-state index in [1.807, 2.05) is 0 Å². The van der Waals surface area contributed by atoms with Gasteiger partial charge < -0.3 is 10.1 Å². The van der Waals surface area contributed by atoms with Gasteiger partial charge >= 0.3 is 0 Å². The van der Waals surface area contributed by atoms with Crippen LogP contribution in [0.3, 0.4) is 0 Å². The van der Waals surface area contributed by atoms with E-state index in [9.17, 15) is 14.9 Å². The van der Waals surface area contributed by atoms with Crippen molar-refractivity contribution < 1.29 is 14.5 Å². The van der Waals surface area contributed by atoms with Gasteiger partial charge in [-0.3, -0.25) is 14.9 Å². The molecule has 23 heavy (non-hydrogen) atoms. The van der Waals surface area contributed by atoms with Gasteiger partial charge in [-0.15, -0.1) is 0 Å². The summed E-state index contributed by atoms with van der Waals surface area (Å²) < 4.78 is 5.31. The first-order valence-electron chi connectivity index (χ1n) is 6.49. The van der Waals surface area contributed by atoms with Gasteiger partial charge in [-0.1, -0.05) is 23.2 Å². The molecule has 2 aromatic carbocycles. The molecule has 0 spiro atoms. The number of amides is 1. The van der Waals surface area contributed by atoms with Gasteiger partial charge in [-0.25, -0.2) is 0 Å². The van der Waals surface area contributed by atoms with Crippen molar-refractivity contribution in [3.63, 3.8) is 0 Å². The van der Waals surface area contributed by atoms with Gasteiger partial charge in [-0.05, 0) is 37.3 Å². The number of ether oxygens (including phenoxy) is 1. The fraction of sp³-hybridized carbons (Fsp3) is 0.133. The molecule has 0 bridgehead atoms. The van der Waals surface area contributed by atoms with Crippen LogP contribution >= 0.6 is 23.2 Å². The summed E-state index contributed by atoms with van der Waals surface area (Å²) in [6, 6.07) is 8.96. The van der Waals surface area contributed by atoms with Crippen LogP contribution in [0.2, 0.25) is 10.0 Å². The molecule has 120 valence electrons. The number of carbonyl (C=O) groups excluding carboxylic acids is 1. The molecule has 0 saturated carbocycles. The third-order valence-corrected chi connectivity index (χ3v) is 3.50. The van der Waals surface area contributed by atoms with Crippen LogP contribution < -0.4 is 10.1 Å². The molecule has 1 N–H and O–H groups in total. The summed E-state index contributed by atoms with van der Waals surface area (Å²) in [6.07, 6.45) is 0. The molecule has 0 radical (unpaired) electrons. The molecule has 0 saturated heterocycles. The number of aryl methyl sites for hydroxylation is 1. The Labute approximate surface area is 142 Å². The molecule has 8 heteroatoms. The van der Waals surface area contributed by atoms with Crippen LogP contribution in [0.5, 0.6) is 5.75 Å². The van der Waals surface area contributed by atoms with Crippen LogP contribution in [-0.4, -0.2) is 17.4 Å². The number of nitrogens with zero attached hydrogens (tertiary/aromatic N) is 1. The van der Waals surface area contributed by atoms with Gasteiger partial charge in [-0.2, -0.15) is 0 Å². The molecule has 2 rings (SSSR count). The minimum absolute atomic E-state index is 0.00693. The zero-order valence-electron chi connectivity index (χ0n) is 12.0. The van der Waals surface area contributed by atoms with Crippen molar-refractivity contribution in [2.45, 2.75) is 6.92 Å². The van der Waals surface area contributed by atoms with E-state index in [1.54, 1.807) is 19.1 Å². The van der Waals surface area contributed by atoms with Crippen LogP contribution in [0, 0.1) is 17.0 Å². The molecule has 0 heterocycles. The lowest BCUT2D eigenvalue weighted by molar-refractivity contribution is -0.385. The average molecular weight is 355 g/mol. The molecule has 0 unspecified atom stereocenters. The Morgan fingerprint density at radius 2 is 2.00 bits per heavy atom. The van der Waals surface area contributed by atoms with Crippen molar-refractivity contribution in [2.24, 2.45) is 0 Å². The van der Waals surface area contributed by atoms with E-state index in [4.69, 9.17) is 27.9 Å². The molecule has 0 aliphatic heterocycles. The number of anilines is 1. The number of carbonyl (C=O) groups is 1. The van der Waals surface area contributed by atoms with Gasteiger partial charge in [0.2, 0.25) is 0 Å². The summed E-state index contributed by atoms with van der Waals surface area (Å²) in [5.41, 5.74) is 0.825. The fourth-order valence-electron chi connectivity index (χ4n) is 1.85. The van der Waals surface area contributed by atoms with Gasteiger partial charge in [0.05, 0.1) is 15.6 Å². The number of benzene rings is 2. The van der Waals surface area contributed by atoms with Gasteiger partial charge in [0.25, 0.3) is 11.6 Å². The van der Waals surface area contributed by atoms with E-state index >= 15 is 0 Å². The SMILES string of the molecule is Cc1cc(OCC(=O)Nc2cc(Cl)ccc2Cl)ccc1[N+](=O)[O-]. The summed E-state index contributed by atoms with van der Waals surface area (Å²) in [7, 11) is 0. The molecule has 0 atom stereocenters. The summed E-state index contributed by atoms with van der Waals surface area (Å²) in [5, 5.41) is 14.1. The normalized spacial score (nSPS) is 10.2. The smallest absolute Gasteiger partial charge is 0.272 e. The number of nitro groups is 1. The zero-order valence-corrected chi connectivity index (χ0v) is 13.5. The molecule has 6 nitrogen and oxygen atoms in total. The van der Waals surface area contributed by atoms with E-state index in [-0.39, 0.29) is 12.3 Å². The van der Waals surface area contributed by atoms with E-state index in [0.29, 0.717) is 27.0 Å². The molecule has 1 amide bonds. The predicted molar refractivity (Wildman–Crippen MR) is 88.4 cm³/mol. The maximum atomic E-state index is 11.9. The highest BCUT2D eigenvalue weighted by Crippen LogP contribution is 2.26. The Bertz CT molecular complexity index is 765. The second-order valence-corrected chi connectivity index (χ2v) is 5.51. The van der Waals surface area contributed by atoms with E-state index in [0.717, 1.165) is 0 Å². The second kappa shape index (κ2) is 7.30. The third-order valence-electron chi connectivity index (χ3n) is 2.94. The van der Waals surface area contributed by atoms with Crippen LogP contribution in [-0.2, 0) is 4.79 Å². The number of hydrogen-bond donors (Lipinski definition) is 1. The van der Waals surface area contributed by atoms with Crippen molar-refractivity contribution >= 4 is 40.5 Å². The lowest BCUT2D eigenvalue weighted by Gasteiger charge is -2.09. The summed E-state index contributed by atoms with van der Waals surface area (Å²) >= 11 is 11.8. The molecule has 0 aliphatic carbocycles. The number of nitro benzene ring substituents is 1. The Morgan fingerprint density at radius 3 is 2.65 bits per heavy atom. The van der Waals surface area contributed by atoms with Crippen LogP contribution in [0.4, 0.5) is 11.4 Å². The molecule has 0 aromatic heterocycles. The molecule has 0 aliphatic rings. The first-order chi connectivity index (χ1) is 10.9. The Hall–Kier alpha value is -2.31. The highest BCUT2D eigenvalue weighted by atomic mass is 35.5. The monoisotopic (exact) mass is 354 g/mol. The minimum Gasteiger partial charge on any atom is -0.484 e. The standard InChI is InChI=1S/C15H12Cl2N2O4/c1-9-6-11(3-5-14(9)19(21)22)23-8-15(20)18-13-7-10(16)2-4-12(13)17/h2-7H,8H2,1H3,(H,18,20). The minimum atomic E-state index is -0.479. The van der Waals surface area contributed by atoms with Crippen molar-refractivity contribution in [3.05, 3.63) is 62.1 Å². The first-order valence-corrected chi connectivity index (χ1v) is 7.25. The molecular weight excluding hydrogens is 343 g/mol. The summed E-state index contributed by atoms with van der Waals surface area (Å²) in [6.45, 7) is 1.33. The van der Waals surface area contributed by atoms with Crippen molar-refractivity contribution in [1.82, 2.24) is 0 Å². The number of hydrogen-bond acceptors (Lipinski definition) is 4. The average Bonchev–Trinajstić information content (AvgIpc) is 2.48. The van der Waals surface area contributed by atoms with Gasteiger partial charge in [0.1, 0.15) is 5.75 Å². The maximum absolute atomic E-state index is 11.9. The third kappa shape index (κ3) is 4.58. The quantitative estimate of drug-likeness (QED) is 0.643. The zero-order chi connectivity index (χ0) is 17.0. The first kappa shape index (κ1) is 17.1. The topological polar surface area (TPSA) is 81.5 Å². The van der Waals surface area contributed by atoms with Crippen molar-refractivity contribution in [3.8, 4) is 5.75 Å². The Balaban J connectivity index is 1.98. The lowest BCUT2D eigenvalue weighted by Crippen LogP contribution is -2.20. The fourth-order valence-corrected chi connectivity index (χ4v) is 2.19. The highest BCUT2D eigenvalue weighted by Gasteiger charge is 2.12. The van der Waals surface area contributed by atoms with E-state index in [1.165, 1.54) is 24.3 Å². The Morgan fingerprint density at radius 1 is 1.26 bits per heavy atom. The van der Waals surface area contributed by atoms with Gasteiger partial charge in [0.15, 0.2) is 6.61 Å². The highest BCUT2D eigenvalue weighted by molar-refractivity contribution is 6.35. The predicted octanol–water partition coefficient (Wildman–Crippen LogP) is 4.23. The van der Waals surface area contributed by atoms with E-state index < -0.39 is 10.8 Å². The van der Waals surface area contributed by atoms with Crippen LogP contribution in [0.1, 0.15) is 5.56 Å². The van der Waals surface area contributed by atoms with Crippen molar-refractivity contribution in [1.29, 1.82) is 0 Å². The maximum Gasteiger partial charge on any atom is 0.272 e. The molecule has 0 fully saturated rings. The number of nitrogens with one attached hydrogen (secondary N) is 1. The van der Waals surface area contributed by atoms with E-state index in [2.05, 4.69) is 5.32 Å². The molecular formula is C15H12Cl2N2O4.